The van der Waals surface area contributed by atoms with E-state index in [1.807, 2.05) is 24.3 Å². The van der Waals surface area contributed by atoms with Crippen molar-refractivity contribution in [3.8, 4) is 5.75 Å². The molecule has 2 heterocycles. The molecule has 1 aromatic carbocycles. The molecular weight excluding hydrogens is 278 g/mol. The zero-order chi connectivity index (χ0) is 13.9. The monoisotopic (exact) mass is 289 g/mol. The molecule has 0 spiro atoms. The van der Waals surface area contributed by atoms with Gasteiger partial charge < -0.3 is 15.4 Å². The smallest absolute Gasteiger partial charge is 0.262 e. The third-order valence-corrected chi connectivity index (χ3v) is 3.12. The molecule has 0 bridgehead atoms. The molecule has 102 valence electrons. The van der Waals surface area contributed by atoms with E-state index in [-0.39, 0.29) is 12.5 Å². The van der Waals surface area contributed by atoms with Gasteiger partial charge in [0.1, 0.15) is 10.9 Å². The average molecular weight is 290 g/mol. The Labute approximate surface area is 120 Å². The Balaban J connectivity index is 1.70. The molecule has 5 nitrogen and oxygen atoms in total. The van der Waals surface area contributed by atoms with Gasteiger partial charge in [0.15, 0.2) is 6.61 Å². The number of carbonyl (C=O) groups is 1. The van der Waals surface area contributed by atoms with Crippen molar-refractivity contribution in [2.24, 2.45) is 0 Å². The number of hydrogen-bond acceptors (Lipinski definition) is 4. The Morgan fingerprint density at radius 3 is 3.05 bits per heavy atom. The summed E-state index contributed by atoms with van der Waals surface area (Å²) < 4.78 is 5.31. The van der Waals surface area contributed by atoms with Crippen molar-refractivity contribution in [2.45, 2.75) is 6.54 Å². The Kier molecular flexibility index (Phi) is 3.43. The topological polar surface area (TPSA) is 63.2 Å². The van der Waals surface area contributed by atoms with E-state index in [0.29, 0.717) is 23.1 Å². The number of amides is 1. The number of pyridine rings is 1. The van der Waals surface area contributed by atoms with Crippen LogP contribution >= 0.6 is 11.6 Å². The number of carbonyl (C=O) groups excluding carboxylic acids is 1. The van der Waals surface area contributed by atoms with Crippen LogP contribution in [0.1, 0.15) is 5.56 Å². The van der Waals surface area contributed by atoms with Gasteiger partial charge in [0.2, 0.25) is 0 Å². The summed E-state index contributed by atoms with van der Waals surface area (Å²) in [5, 5.41) is 6.48. The Bertz CT molecular complexity index is 643. The molecule has 1 aliphatic rings. The van der Waals surface area contributed by atoms with Crippen molar-refractivity contribution in [1.29, 1.82) is 0 Å². The lowest BCUT2D eigenvalue weighted by molar-refractivity contribution is -0.118. The number of aromatic nitrogens is 1. The number of nitrogens with one attached hydrogen (secondary N) is 2. The van der Waals surface area contributed by atoms with Gasteiger partial charge in [-0.05, 0) is 29.8 Å². The molecule has 0 atom stereocenters. The summed E-state index contributed by atoms with van der Waals surface area (Å²) in [5.41, 5.74) is 2.62. The first kappa shape index (κ1) is 12.7. The van der Waals surface area contributed by atoms with E-state index >= 15 is 0 Å². The fraction of sp³-hybridized carbons (Fsp3) is 0.143. The molecule has 0 fully saturated rings. The molecular formula is C14H12ClN3O2. The van der Waals surface area contributed by atoms with Gasteiger partial charge in [-0.25, -0.2) is 4.98 Å². The highest BCUT2D eigenvalue weighted by molar-refractivity contribution is 6.29. The van der Waals surface area contributed by atoms with E-state index in [4.69, 9.17) is 16.3 Å². The second-order valence-electron chi connectivity index (χ2n) is 4.39. The van der Waals surface area contributed by atoms with Gasteiger partial charge in [-0.15, -0.1) is 0 Å². The minimum Gasteiger partial charge on any atom is -0.482 e. The van der Waals surface area contributed by atoms with Gasteiger partial charge in [0.25, 0.3) is 5.91 Å². The van der Waals surface area contributed by atoms with Gasteiger partial charge in [-0.1, -0.05) is 17.7 Å². The van der Waals surface area contributed by atoms with Crippen LogP contribution in [0.5, 0.6) is 5.75 Å². The normalized spacial score (nSPS) is 13.2. The molecule has 0 aliphatic carbocycles. The van der Waals surface area contributed by atoms with Crippen LogP contribution in [-0.2, 0) is 11.3 Å². The van der Waals surface area contributed by atoms with Crippen LogP contribution in [0.3, 0.4) is 0 Å². The van der Waals surface area contributed by atoms with Crippen molar-refractivity contribution in [3.63, 3.8) is 0 Å². The maximum Gasteiger partial charge on any atom is 0.262 e. The molecule has 0 saturated heterocycles. The molecule has 0 saturated carbocycles. The van der Waals surface area contributed by atoms with Crippen LogP contribution < -0.4 is 15.4 Å². The van der Waals surface area contributed by atoms with E-state index in [0.717, 1.165) is 11.3 Å². The number of anilines is 2. The van der Waals surface area contributed by atoms with Gasteiger partial charge in [-0.3, -0.25) is 4.79 Å². The summed E-state index contributed by atoms with van der Waals surface area (Å²) in [6.45, 7) is 0.688. The van der Waals surface area contributed by atoms with Crippen LogP contribution in [0.2, 0.25) is 5.15 Å². The predicted octanol–water partition coefficient (Wildman–Crippen LogP) is 2.68. The van der Waals surface area contributed by atoms with Gasteiger partial charge in [0, 0.05) is 6.54 Å². The summed E-state index contributed by atoms with van der Waals surface area (Å²) in [7, 11) is 0. The molecule has 6 heteroatoms. The van der Waals surface area contributed by atoms with Crippen LogP contribution in [0.25, 0.3) is 0 Å². The largest absolute Gasteiger partial charge is 0.482 e. The lowest BCUT2D eigenvalue weighted by Crippen LogP contribution is -2.25. The van der Waals surface area contributed by atoms with Gasteiger partial charge in [0.05, 0.1) is 17.6 Å². The molecule has 2 aromatic rings. The van der Waals surface area contributed by atoms with Crippen molar-refractivity contribution < 1.29 is 9.53 Å². The van der Waals surface area contributed by atoms with Crippen molar-refractivity contribution in [2.75, 3.05) is 17.2 Å². The maximum atomic E-state index is 11.3. The number of rotatable bonds is 3. The summed E-state index contributed by atoms with van der Waals surface area (Å²) in [6, 6.07) is 9.28. The van der Waals surface area contributed by atoms with Crippen LogP contribution in [0.15, 0.2) is 36.5 Å². The van der Waals surface area contributed by atoms with Gasteiger partial charge >= 0.3 is 0 Å². The predicted molar refractivity (Wildman–Crippen MR) is 77.1 cm³/mol. The third kappa shape index (κ3) is 2.83. The van der Waals surface area contributed by atoms with E-state index < -0.39 is 0 Å². The van der Waals surface area contributed by atoms with E-state index in [1.54, 1.807) is 12.3 Å². The molecule has 0 radical (unpaired) electrons. The van der Waals surface area contributed by atoms with Crippen molar-refractivity contribution >= 4 is 28.9 Å². The zero-order valence-corrected chi connectivity index (χ0v) is 11.3. The summed E-state index contributed by atoms with van der Waals surface area (Å²) in [5.74, 6) is 0.561. The number of benzene rings is 1. The summed E-state index contributed by atoms with van der Waals surface area (Å²) >= 11 is 5.73. The lowest BCUT2D eigenvalue weighted by atomic mass is 10.1. The van der Waals surface area contributed by atoms with Crippen LogP contribution in [0, 0.1) is 0 Å². The van der Waals surface area contributed by atoms with E-state index in [1.165, 1.54) is 0 Å². The second-order valence-corrected chi connectivity index (χ2v) is 4.78. The molecule has 20 heavy (non-hydrogen) atoms. The summed E-state index contributed by atoms with van der Waals surface area (Å²) in [6.07, 6.45) is 1.67. The van der Waals surface area contributed by atoms with Gasteiger partial charge in [-0.2, -0.15) is 0 Å². The Hall–Kier alpha value is -2.27. The second kappa shape index (κ2) is 5.38. The van der Waals surface area contributed by atoms with Crippen LogP contribution in [0.4, 0.5) is 11.4 Å². The molecule has 3 rings (SSSR count). The minimum absolute atomic E-state index is 0.0705. The first-order valence-corrected chi connectivity index (χ1v) is 6.49. The zero-order valence-electron chi connectivity index (χ0n) is 10.5. The number of halogens is 1. The molecule has 1 aliphatic heterocycles. The molecule has 0 unspecified atom stereocenters. The summed E-state index contributed by atoms with van der Waals surface area (Å²) in [4.78, 5) is 15.3. The number of hydrogen-bond donors (Lipinski definition) is 2. The fourth-order valence-corrected chi connectivity index (χ4v) is 2.04. The Morgan fingerprint density at radius 2 is 2.25 bits per heavy atom. The lowest BCUT2D eigenvalue weighted by Gasteiger charge is -2.18. The van der Waals surface area contributed by atoms with E-state index in [9.17, 15) is 4.79 Å². The Morgan fingerprint density at radius 1 is 1.35 bits per heavy atom. The fourth-order valence-electron chi connectivity index (χ4n) is 1.92. The quantitative estimate of drug-likeness (QED) is 0.853. The molecule has 1 amide bonds. The highest BCUT2D eigenvalue weighted by Gasteiger charge is 2.15. The van der Waals surface area contributed by atoms with Crippen molar-refractivity contribution in [3.05, 3.63) is 47.2 Å². The minimum atomic E-state index is -0.135. The van der Waals surface area contributed by atoms with Crippen molar-refractivity contribution in [1.82, 2.24) is 4.98 Å². The standard InChI is InChI=1S/C14H12ClN3O2/c15-13-4-2-10(7-17-13)16-6-9-1-3-12-11(5-9)18-14(19)8-20-12/h1-5,7,16H,6,8H2,(H,18,19). The maximum absolute atomic E-state index is 11.3. The molecule has 1 aromatic heterocycles. The highest BCUT2D eigenvalue weighted by Crippen LogP contribution is 2.28. The number of nitrogens with zero attached hydrogens (tertiary/aromatic N) is 1. The molecule has 2 N–H and O–H groups in total. The third-order valence-electron chi connectivity index (χ3n) is 2.90. The first-order valence-electron chi connectivity index (χ1n) is 6.12. The highest BCUT2D eigenvalue weighted by atomic mass is 35.5. The first-order chi connectivity index (χ1) is 9.70. The number of fused-ring (bicyclic) bond motifs is 1. The SMILES string of the molecule is O=C1COc2ccc(CNc3ccc(Cl)nc3)cc2N1. The average Bonchev–Trinajstić information content (AvgIpc) is 2.46. The van der Waals surface area contributed by atoms with E-state index in [2.05, 4.69) is 15.6 Å². The van der Waals surface area contributed by atoms with Crippen LogP contribution in [-0.4, -0.2) is 17.5 Å². The number of ether oxygens (including phenoxy) is 1.